The van der Waals surface area contributed by atoms with Crippen molar-refractivity contribution in [2.75, 3.05) is 7.11 Å². The predicted molar refractivity (Wildman–Crippen MR) is 57.7 cm³/mol. The zero-order valence-corrected chi connectivity index (χ0v) is 9.47. The average molecular weight is 245 g/mol. The smallest absolute Gasteiger partial charge is 0.416 e. The first-order chi connectivity index (χ1) is 7.88. The van der Waals surface area contributed by atoms with E-state index in [-0.39, 0.29) is 11.3 Å². The van der Waals surface area contributed by atoms with Crippen molar-refractivity contribution in [2.45, 2.75) is 31.0 Å². The van der Waals surface area contributed by atoms with E-state index in [1.54, 1.807) is 0 Å². The summed E-state index contributed by atoms with van der Waals surface area (Å²) in [6.45, 7) is 0. The second-order valence-corrected chi connectivity index (χ2v) is 4.39. The van der Waals surface area contributed by atoms with Crippen LogP contribution in [0.1, 0.15) is 30.4 Å². The van der Waals surface area contributed by atoms with Crippen molar-refractivity contribution >= 4 is 0 Å². The maximum absolute atomic E-state index is 12.9. The van der Waals surface area contributed by atoms with Gasteiger partial charge in [0.25, 0.3) is 0 Å². The maximum atomic E-state index is 12.9. The van der Waals surface area contributed by atoms with Gasteiger partial charge in [0.05, 0.1) is 12.7 Å². The topological polar surface area (TPSA) is 35.2 Å². The third kappa shape index (κ3) is 1.99. The van der Waals surface area contributed by atoms with E-state index >= 15 is 0 Å². The molecule has 0 spiro atoms. The summed E-state index contributed by atoms with van der Waals surface area (Å²) < 4.78 is 43.9. The Morgan fingerprint density at radius 2 is 1.94 bits per heavy atom. The summed E-state index contributed by atoms with van der Waals surface area (Å²) >= 11 is 0. The second kappa shape index (κ2) is 3.91. The molecule has 1 fully saturated rings. The quantitative estimate of drug-likeness (QED) is 0.869. The number of halogens is 3. The summed E-state index contributed by atoms with van der Waals surface area (Å²) in [5, 5.41) is 0. The fourth-order valence-corrected chi connectivity index (χ4v) is 2.26. The molecule has 2 rings (SSSR count). The zero-order valence-electron chi connectivity index (χ0n) is 9.47. The van der Waals surface area contributed by atoms with Gasteiger partial charge in [0, 0.05) is 11.1 Å². The van der Waals surface area contributed by atoms with Gasteiger partial charge >= 0.3 is 6.18 Å². The van der Waals surface area contributed by atoms with Crippen molar-refractivity contribution in [3.8, 4) is 5.75 Å². The molecule has 5 heteroatoms. The summed E-state index contributed by atoms with van der Waals surface area (Å²) in [6.07, 6.45) is -2.41. The Labute approximate surface area is 97.6 Å². The Bertz CT molecular complexity index is 424. The Kier molecular flexibility index (Phi) is 2.81. The highest BCUT2D eigenvalue weighted by Crippen LogP contribution is 2.48. The van der Waals surface area contributed by atoms with Crippen molar-refractivity contribution in [3.63, 3.8) is 0 Å². The lowest BCUT2D eigenvalue weighted by atomic mass is 9.71. The lowest BCUT2D eigenvalue weighted by Crippen LogP contribution is -2.45. The molecule has 2 N–H and O–H groups in total. The van der Waals surface area contributed by atoms with Crippen LogP contribution >= 0.6 is 0 Å². The summed E-state index contributed by atoms with van der Waals surface area (Å²) in [5.74, 6) is 0.224. The van der Waals surface area contributed by atoms with Gasteiger partial charge in [-0.15, -0.1) is 0 Å². The van der Waals surface area contributed by atoms with E-state index in [0.717, 1.165) is 12.5 Å². The van der Waals surface area contributed by atoms with Gasteiger partial charge < -0.3 is 10.5 Å². The van der Waals surface area contributed by atoms with Crippen LogP contribution in [0.4, 0.5) is 13.2 Å². The number of rotatable bonds is 2. The van der Waals surface area contributed by atoms with Crippen LogP contribution in [-0.2, 0) is 11.7 Å². The molecule has 0 unspecified atom stereocenters. The molecule has 1 saturated carbocycles. The lowest BCUT2D eigenvalue weighted by Gasteiger charge is -2.40. The van der Waals surface area contributed by atoms with Gasteiger partial charge in [0.2, 0.25) is 0 Å². The molecule has 2 nitrogen and oxygen atoms in total. The molecule has 0 amide bonds. The van der Waals surface area contributed by atoms with Gasteiger partial charge in [-0.1, -0.05) is 6.07 Å². The van der Waals surface area contributed by atoms with Crippen LogP contribution in [0.5, 0.6) is 5.75 Å². The van der Waals surface area contributed by atoms with Crippen LogP contribution in [0.25, 0.3) is 0 Å². The lowest BCUT2D eigenvalue weighted by molar-refractivity contribution is -0.139. The van der Waals surface area contributed by atoms with E-state index in [9.17, 15) is 13.2 Å². The van der Waals surface area contributed by atoms with Crippen LogP contribution in [0, 0.1) is 0 Å². The first kappa shape index (κ1) is 12.2. The third-order valence-corrected chi connectivity index (χ3v) is 3.30. The highest BCUT2D eigenvalue weighted by atomic mass is 19.4. The summed E-state index contributed by atoms with van der Waals surface area (Å²) in [7, 11) is 1.36. The highest BCUT2D eigenvalue weighted by Gasteiger charge is 2.44. The number of methoxy groups -OCH3 is 1. The number of hydrogen-bond acceptors (Lipinski definition) is 2. The van der Waals surface area contributed by atoms with Crippen LogP contribution < -0.4 is 10.5 Å². The molecule has 94 valence electrons. The second-order valence-electron chi connectivity index (χ2n) is 4.39. The molecule has 0 bridgehead atoms. The molecule has 1 aromatic rings. The molecule has 1 aliphatic rings. The van der Waals surface area contributed by atoms with E-state index in [1.165, 1.54) is 19.2 Å². The van der Waals surface area contributed by atoms with Gasteiger partial charge in [0.15, 0.2) is 0 Å². The minimum Gasteiger partial charge on any atom is -0.496 e. The summed E-state index contributed by atoms with van der Waals surface area (Å²) in [5.41, 5.74) is 4.54. The number of hydrogen-bond donors (Lipinski definition) is 1. The monoisotopic (exact) mass is 245 g/mol. The van der Waals surface area contributed by atoms with E-state index in [1.807, 2.05) is 0 Å². The first-order valence-electron chi connectivity index (χ1n) is 5.42. The molecule has 0 heterocycles. The standard InChI is InChI=1S/C12H14F3NO/c1-17-9-5-2-4-8(12(13,14)15)10(9)11(16)6-3-7-11/h2,4-5H,3,6-7,16H2,1H3. The predicted octanol–water partition coefficient (Wildman–Crippen LogP) is 3.05. The van der Waals surface area contributed by atoms with Crippen molar-refractivity contribution < 1.29 is 17.9 Å². The molecule has 0 saturated heterocycles. The van der Waals surface area contributed by atoms with E-state index in [0.29, 0.717) is 12.8 Å². The first-order valence-corrected chi connectivity index (χ1v) is 5.42. The Balaban J connectivity index is 2.60. The van der Waals surface area contributed by atoms with Crippen molar-refractivity contribution in [3.05, 3.63) is 29.3 Å². The maximum Gasteiger partial charge on any atom is 0.416 e. The van der Waals surface area contributed by atoms with Crippen molar-refractivity contribution in [1.82, 2.24) is 0 Å². The molecule has 17 heavy (non-hydrogen) atoms. The largest absolute Gasteiger partial charge is 0.496 e. The van der Waals surface area contributed by atoms with E-state index < -0.39 is 17.3 Å². The molecule has 0 atom stereocenters. The molecular weight excluding hydrogens is 231 g/mol. The fraction of sp³-hybridized carbons (Fsp3) is 0.500. The fourth-order valence-electron chi connectivity index (χ4n) is 2.26. The number of ether oxygens (including phenoxy) is 1. The Morgan fingerprint density at radius 3 is 2.35 bits per heavy atom. The number of benzene rings is 1. The number of nitrogens with two attached hydrogens (primary N) is 1. The van der Waals surface area contributed by atoms with Crippen molar-refractivity contribution in [1.29, 1.82) is 0 Å². The average Bonchev–Trinajstić information content (AvgIpc) is 2.23. The summed E-state index contributed by atoms with van der Waals surface area (Å²) in [4.78, 5) is 0. The molecule has 1 aliphatic carbocycles. The molecule has 0 radical (unpaired) electrons. The van der Waals surface area contributed by atoms with E-state index in [2.05, 4.69) is 0 Å². The SMILES string of the molecule is COc1cccc(C(F)(F)F)c1C1(N)CCC1. The minimum atomic E-state index is -4.40. The normalized spacial score (nSPS) is 18.6. The minimum absolute atomic E-state index is 0.0984. The Morgan fingerprint density at radius 1 is 1.29 bits per heavy atom. The Hall–Kier alpha value is -1.23. The summed E-state index contributed by atoms with van der Waals surface area (Å²) in [6, 6.07) is 3.93. The van der Waals surface area contributed by atoms with Gasteiger partial charge in [-0.05, 0) is 31.4 Å². The van der Waals surface area contributed by atoms with Gasteiger partial charge in [-0.25, -0.2) is 0 Å². The van der Waals surface area contributed by atoms with Gasteiger partial charge in [0.1, 0.15) is 5.75 Å². The van der Waals surface area contributed by atoms with Crippen LogP contribution in [-0.4, -0.2) is 7.11 Å². The molecule has 0 aromatic heterocycles. The number of alkyl halides is 3. The van der Waals surface area contributed by atoms with Crippen LogP contribution in [0.2, 0.25) is 0 Å². The van der Waals surface area contributed by atoms with E-state index in [4.69, 9.17) is 10.5 Å². The molecule has 0 aliphatic heterocycles. The zero-order chi connectivity index (χ0) is 12.7. The van der Waals surface area contributed by atoms with Crippen LogP contribution in [0.15, 0.2) is 18.2 Å². The molecule has 1 aromatic carbocycles. The van der Waals surface area contributed by atoms with Gasteiger partial charge in [-0.3, -0.25) is 0 Å². The van der Waals surface area contributed by atoms with Gasteiger partial charge in [-0.2, -0.15) is 13.2 Å². The molecular formula is C12H14F3NO. The highest BCUT2D eigenvalue weighted by molar-refractivity contribution is 5.47. The van der Waals surface area contributed by atoms with Crippen LogP contribution in [0.3, 0.4) is 0 Å². The third-order valence-electron chi connectivity index (χ3n) is 3.30. The van der Waals surface area contributed by atoms with Crippen molar-refractivity contribution in [2.24, 2.45) is 5.73 Å².